The fourth-order valence-electron chi connectivity index (χ4n) is 4.44. The number of hydrogen-bond acceptors (Lipinski definition) is 2. The van der Waals surface area contributed by atoms with E-state index in [2.05, 4.69) is 17.2 Å². The maximum Gasteiger partial charge on any atom is 0.418 e. The predicted molar refractivity (Wildman–Crippen MR) is 121 cm³/mol. The minimum absolute atomic E-state index is 0.244. The van der Waals surface area contributed by atoms with Gasteiger partial charge in [-0.15, -0.1) is 0 Å². The molecular weight excluding hydrogens is 431 g/mol. The van der Waals surface area contributed by atoms with Gasteiger partial charge < -0.3 is 15.2 Å². The van der Waals surface area contributed by atoms with E-state index < -0.39 is 17.6 Å². The molecule has 0 radical (unpaired) electrons. The Bertz CT molecular complexity index is 1200. The van der Waals surface area contributed by atoms with Crippen molar-refractivity contribution in [2.24, 2.45) is 5.92 Å². The largest absolute Gasteiger partial charge is 0.418 e. The summed E-state index contributed by atoms with van der Waals surface area (Å²) in [6, 6.07) is 10.2. The molecule has 4 rings (SSSR count). The fourth-order valence-corrected chi connectivity index (χ4v) is 4.44. The van der Waals surface area contributed by atoms with Gasteiger partial charge in [0.1, 0.15) is 6.54 Å². The molecule has 5 nitrogen and oxygen atoms in total. The Balaban J connectivity index is 1.52. The van der Waals surface area contributed by atoms with Crippen LogP contribution in [0.25, 0.3) is 10.9 Å². The highest BCUT2D eigenvalue weighted by Gasteiger charge is 2.33. The molecule has 174 valence electrons. The fraction of sp³-hybridized carbons (Fsp3) is 0.360. The van der Waals surface area contributed by atoms with Crippen molar-refractivity contribution in [3.63, 3.8) is 0 Å². The molecule has 1 aliphatic rings. The summed E-state index contributed by atoms with van der Waals surface area (Å²) in [5, 5.41) is 3.32. The van der Waals surface area contributed by atoms with E-state index in [4.69, 9.17) is 0 Å². The number of benzene rings is 2. The topological polar surface area (TPSA) is 65.2 Å². The number of anilines is 1. The van der Waals surface area contributed by atoms with Crippen LogP contribution in [0.5, 0.6) is 0 Å². The molecule has 1 aliphatic carbocycles. The molecule has 0 saturated heterocycles. The van der Waals surface area contributed by atoms with Crippen LogP contribution in [0.2, 0.25) is 0 Å². The summed E-state index contributed by atoms with van der Waals surface area (Å²) in [4.78, 5) is 30.4. The standard InChI is InChI=1S/C25H26F3N3O2/c1-3-31(14-23(32)30-22-7-5-4-6-19(22)25(26,27)28)24(33)16-9-11-21-18(13-16)17-12-15(2)8-10-20(17)29-21/h4-7,9,11,13,15,29H,3,8,10,12,14H2,1-2H3,(H,30,32)/t15-/m1/s1. The van der Waals surface area contributed by atoms with Gasteiger partial charge >= 0.3 is 6.18 Å². The number of hydrogen-bond donors (Lipinski definition) is 2. The van der Waals surface area contributed by atoms with E-state index in [1.165, 1.54) is 34.4 Å². The zero-order valence-electron chi connectivity index (χ0n) is 18.6. The lowest BCUT2D eigenvalue weighted by molar-refractivity contribution is -0.137. The third-order valence-corrected chi connectivity index (χ3v) is 6.19. The Morgan fingerprint density at radius 1 is 1.18 bits per heavy atom. The summed E-state index contributed by atoms with van der Waals surface area (Å²) in [6.07, 6.45) is -1.53. The molecular formula is C25H26F3N3O2. The normalized spacial score (nSPS) is 15.8. The first-order chi connectivity index (χ1) is 15.7. The molecule has 3 aromatic rings. The van der Waals surface area contributed by atoms with E-state index in [1.807, 2.05) is 12.1 Å². The number of aromatic nitrogens is 1. The van der Waals surface area contributed by atoms with E-state index >= 15 is 0 Å². The number of aryl methyl sites for hydroxylation is 1. The zero-order valence-corrected chi connectivity index (χ0v) is 18.6. The van der Waals surface area contributed by atoms with Gasteiger partial charge in [0.15, 0.2) is 0 Å². The summed E-state index contributed by atoms with van der Waals surface area (Å²) in [6.45, 7) is 3.84. The molecule has 0 spiro atoms. The Morgan fingerprint density at radius 2 is 1.94 bits per heavy atom. The molecule has 1 heterocycles. The maximum atomic E-state index is 13.2. The second-order valence-electron chi connectivity index (χ2n) is 8.60. The third-order valence-electron chi connectivity index (χ3n) is 6.19. The molecule has 0 bridgehead atoms. The van der Waals surface area contributed by atoms with E-state index in [-0.39, 0.29) is 24.7 Å². The zero-order chi connectivity index (χ0) is 23.8. The number of halogens is 3. The molecule has 1 aromatic heterocycles. The second kappa shape index (κ2) is 8.92. The summed E-state index contributed by atoms with van der Waals surface area (Å²) in [5.74, 6) is -0.445. The van der Waals surface area contributed by atoms with Crippen molar-refractivity contribution in [1.82, 2.24) is 9.88 Å². The first-order valence-electron chi connectivity index (χ1n) is 11.1. The van der Waals surface area contributed by atoms with E-state index in [1.54, 1.807) is 13.0 Å². The van der Waals surface area contributed by atoms with Crippen molar-refractivity contribution < 1.29 is 22.8 Å². The minimum atomic E-state index is -4.59. The van der Waals surface area contributed by atoms with E-state index in [0.29, 0.717) is 11.5 Å². The predicted octanol–water partition coefficient (Wildman–Crippen LogP) is 5.41. The van der Waals surface area contributed by atoms with Crippen molar-refractivity contribution in [2.45, 2.75) is 39.3 Å². The number of rotatable bonds is 5. The molecule has 0 aliphatic heterocycles. The van der Waals surface area contributed by atoms with Crippen molar-refractivity contribution in [3.8, 4) is 0 Å². The van der Waals surface area contributed by atoms with Crippen LogP contribution in [0, 0.1) is 5.92 Å². The van der Waals surface area contributed by atoms with Crippen LogP contribution >= 0.6 is 0 Å². The SMILES string of the molecule is CCN(CC(=O)Nc1ccccc1C(F)(F)F)C(=O)c1ccc2[nH]c3c(c2c1)C[C@H](C)CC3. The highest BCUT2D eigenvalue weighted by atomic mass is 19.4. The smallest absolute Gasteiger partial charge is 0.358 e. The number of H-pyrrole nitrogens is 1. The average molecular weight is 457 g/mol. The molecule has 0 unspecified atom stereocenters. The Hall–Kier alpha value is -3.29. The molecule has 33 heavy (non-hydrogen) atoms. The number of carbonyl (C=O) groups is 2. The van der Waals surface area contributed by atoms with E-state index in [9.17, 15) is 22.8 Å². The van der Waals surface area contributed by atoms with Gasteiger partial charge in [0.25, 0.3) is 5.91 Å². The molecule has 2 N–H and O–H groups in total. The first kappa shape index (κ1) is 22.9. The lowest BCUT2D eigenvalue weighted by Crippen LogP contribution is -2.38. The van der Waals surface area contributed by atoms with Crippen LogP contribution in [-0.2, 0) is 23.8 Å². The lowest BCUT2D eigenvalue weighted by atomic mass is 9.87. The second-order valence-corrected chi connectivity index (χ2v) is 8.60. The number of alkyl halides is 3. The Labute approximate surface area is 190 Å². The van der Waals surface area contributed by atoms with Gasteiger partial charge in [-0.2, -0.15) is 13.2 Å². The van der Waals surface area contributed by atoms with Gasteiger partial charge in [-0.1, -0.05) is 19.1 Å². The first-order valence-corrected chi connectivity index (χ1v) is 11.1. The third kappa shape index (κ3) is 4.74. The molecule has 0 saturated carbocycles. The summed E-state index contributed by atoms with van der Waals surface area (Å²) >= 11 is 0. The highest BCUT2D eigenvalue weighted by Crippen LogP contribution is 2.35. The lowest BCUT2D eigenvalue weighted by Gasteiger charge is -2.21. The van der Waals surface area contributed by atoms with Crippen molar-refractivity contribution >= 4 is 28.4 Å². The maximum absolute atomic E-state index is 13.2. The van der Waals surface area contributed by atoms with Gasteiger partial charge in [-0.3, -0.25) is 9.59 Å². The number of amides is 2. The van der Waals surface area contributed by atoms with Gasteiger partial charge in [0.05, 0.1) is 11.3 Å². The monoisotopic (exact) mass is 457 g/mol. The van der Waals surface area contributed by atoms with Gasteiger partial charge in [-0.25, -0.2) is 0 Å². The van der Waals surface area contributed by atoms with Crippen molar-refractivity contribution in [1.29, 1.82) is 0 Å². The van der Waals surface area contributed by atoms with Crippen LogP contribution in [0.3, 0.4) is 0 Å². The van der Waals surface area contributed by atoms with Crippen molar-refractivity contribution in [3.05, 3.63) is 64.8 Å². The number of fused-ring (bicyclic) bond motifs is 3. The average Bonchev–Trinajstić information content (AvgIpc) is 3.13. The summed E-state index contributed by atoms with van der Waals surface area (Å²) in [5.41, 5.74) is 2.63. The van der Waals surface area contributed by atoms with E-state index in [0.717, 1.165) is 36.2 Å². The van der Waals surface area contributed by atoms with Crippen LogP contribution in [0.15, 0.2) is 42.5 Å². The molecule has 2 amide bonds. The van der Waals surface area contributed by atoms with Crippen LogP contribution < -0.4 is 5.32 Å². The number of nitrogens with zero attached hydrogens (tertiary/aromatic N) is 1. The Kier molecular flexibility index (Phi) is 6.19. The molecule has 8 heteroatoms. The van der Waals surface area contributed by atoms with Crippen LogP contribution in [0.1, 0.15) is 47.4 Å². The number of para-hydroxylation sites is 1. The molecule has 1 atom stereocenters. The number of aromatic amines is 1. The van der Waals surface area contributed by atoms with Gasteiger partial charge in [0.2, 0.25) is 5.91 Å². The quantitative estimate of drug-likeness (QED) is 0.538. The van der Waals surface area contributed by atoms with Crippen LogP contribution in [-0.4, -0.2) is 34.8 Å². The minimum Gasteiger partial charge on any atom is -0.358 e. The summed E-state index contributed by atoms with van der Waals surface area (Å²) in [7, 11) is 0. The molecule has 2 aromatic carbocycles. The van der Waals surface area contributed by atoms with Crippen LogP contribution in [0.4, 0.5) is 18.9 Å². The number of carbonyl (C=O) groups excluding carboxylic acids is 2. The summed E-state index contributed by atoms with van der Waals surface area (Å²) < 4.78 is 39.6. The number of nitrogens with one attached hydrogen (secondary N) is 2. The highest BCUT2D eigenvalue weighted by molar-refractivity contribution is 6.02. The number of likely N-dealkylation sites (N-methyl/N-ethyl adjacent to an activating group) is 1. The molecule has 0 fully saturated rings. The Morgan fingerprint density at radius 3 is 2.67 bits per heavy atom. The van der Waals surface area contributed by atoms with Gasteiger partial charge in [0, 0.05) is 28.7 Å². The van der Waals surface area contributed by atoms with Gasteiger partial charge in [-0.05, 0) is 68.0 Å². The van der Waals surface area contributed by atoms with Crippen molar-refractivity contribution in [2.75, 3.05) is 18.4 Å².